The summed E-state index contributed by atoms with van der Waals surface area (Å²) in [6.07, 6.45) is 8.59. The number of ketones is 3. The molecule has 6 heterocycles. The number of nitrogens with two attached hydrogens (primary N) is 2. The van der Waals surface area contributed by atoms with E-state index in [-0.39, 0.29) is 123 Å². The number of Topliss-reactive ketones (excluding diaryl/α,β-unsaturated/α-hetero) is 3. The van der Waals surface area contributed by atoms with E-state index < -0.39 is 74.6 Å². The quantitative estimate of drug-likeness (QED) is 0.0100. The Morgan fingerprint density at radius 2 is 0.792 bits per heavy atom. The van der Waals surface area contributed by atoms with Crippen molar-refractivity contribution in [2.45, 2.75) is 185 Å². The molecule has 682 valence electrons. The van der Waals surface area contributed by atoms with Crippen LogP contribution in [0.2, 0.25) is 0 Å². The summed E-state index contributed by atoms with van der Waals surface area (Å²) >= 11 is 0. The van der Waals surface area contributed by atoms with Gasteiger partial charge in [-0.3, -0.25) is 39.2 Å². The third-order valence-corrected chi connectivity index (χ3v) is 28.9. The zero-order chi connectivity index (χ0) is 87.6. The molecule has 9 aliphatic carbocycles. The summed E-state index contributed by atoms with van der Waals surface area (Å²) in [5, 5.41) is 54.3. The van der Waals surface area contributed by atoms with Gasteiger partial charge < -0.3 is 109 Å². The largest absolute Gasteiger partial charge is 0.519 e. The highest BCUT2D eigenvalue weighted by atomic mass is 16.7. The Bertz CT molecular complexity index is 4410. The number of benzene rings is 4. The van der Waals surface area contributed by atoms with Gasteiger partial charge in [0.05, 0.1) is 117 Å². The van der Waals surface area contributed by atoms with E-state index in [4.69, 9.17) is 73.0 Å². The molecule has 6 bridgehead atoms. The number of nitro groups is 1. The van der Waals surface area contributed by atoms with Crippen molar-refractivity contribution in [1.29, 1.82) is 0 Å². The molecule has 6 aliphatic heterocycles. The number of hydrogen-bond donors (Lipinski definition) is 7. The smallest absolute Gasteiger partial charge is 0.477 e. The van der Waals surface area contributed by atoms with Gasteiger partial charge in [0.1, 0.15) is 5.75 Å². The molecule has 19 rings (SSSR count). The van der Waals surface area contributed by atoms with Crippen molar-refractivity contribution in [2.24, 2.45) is 29.2 Å². The molecule has 3 spiro atoms. The first-order valence-corrected chi connectivity index (χ1v) is 45.1. The van der Waals surface area contributed by atoms with Gasteiger partial charge in [-0.25, -0.2) is 14.4 Å². The van der Waals surface area contributed by atoms with Crippen molar-refractivity contribution in [2.75, 3.05) is 186 Å². The van der Waals surface area contributed by atoms with E-state index in [9.17, 15) is 54.2 Å². The van der Waals surface area contributed by atoms with Crippen LogP contribution in [0.15, 0.2) is 60.7 Å². The Hall–Kier alpha value is -8.14. The molecule has 9 N–H and O–H groups in total. The summed E-state index contributed by atoms with van der Waals surface area (Å²) in [6, 6.07) is 15.8. The van der Waals surface area contributed by atoms with Gasteiger partial charge in [-0.1, -0.05) is 18.2 Å². The number of hydrogen-bond acceptors (Lipinski definition) is 31. The number of likely N-dealkylation sites (tertiary alicyclic amines) is 3. The van der Waals surface area contributed by atoms with Crippen molar-refractivity contribution >= 4 is 41.4 Å². The molecule has 4 aromatic carbocycles. The van der Waals surface area contributed by atoms with E-state index in [1.54, 1.807) is 32.3 Å². The highest BCUT2D eigenvalue weighted by molar-refractivity contribution is 5.92. The second-order valence-corrected chi connectivity index (χ2v) is 36.3. The molecule has 2 amide bonds. The van der Waals surface area contributed by atoms with Gasteiger partial charge in [0.15, 0.2) is 70.2 Å². The van der Waals surface area contributed by atoms with Crippen molar-refractivity contribution in [3.8, 4) is 40.2 Å². The molecule has 4 aromatic rings. The lowest BCUT2D eigenvalue weighted by atomic mass is 9.49. The number of non-ortho nitro benzene ring substituents is 1. The fourth-order valence-electron chi connectivity index (χ4n) is 22.3. The normalized spacial score (nSPS) is 29.2. The number of amides is 2. The van der Waals surface area contributed by atoms with Gasteiger partial charge in [0, 0.05) is 139 Å². The fourth-order valence-corrected chi connectivity index (χ4v) is 22.3. The number of nitro benzene ring substituents is 1. The van der Waals surface area contributed by atoms with E-state index in [0.717, 1.165) is 99.0 Å². The predicted octanol–water partition coefficient (Wildman–Crippen LogP) is 5.25. The topological polar surface area (TPSA) is 419 Å². The first-order chi connectivity index (χ1) is 60.5. The molecule has 34 heteroatoms. The lowest BCUT2D eigenvalue weighted by Crippen LogP contribution is -2.76. The van der Waals surface area contributed by atoms with Gasteiger partial charge >= 0.3 is 18.3 Å². The maximum atomic E-state index is 13.4. The minimum Gasteiger partial charge on any atom is -0.477 e. The maximum absolute atomic E-state index is 13.4. The number of piperidine rings is 3. The van der Waals surface area contributed by atoms with Crippen LogP contribution in [0.25, 0.3) is 0 Å². The zero-order valence-corrected chi connectivity index (χ0v) is 72.4. The minimum atomic E-state index is -1.10. The Kier molecular flexibility index (Phi) is 27.6. The number of likely N-dealkylation sites (N-methyl/N-ethyl adjacent to an activating group) is 4. The predicted molar refractivity (Wildman–Crippen MR) is 452 cm³/mol. The van der Waals surface area contributed by atoms with Gasteiger partial charge in [0.25, 0.3) is 5.69 Å². The van der Waals surface area contributed by atoms with E-state index in [0.29, 0.717) is 146 Å². The Morgan fingerprint density at radius 3 is 1.11 bits per heavy atom. The average Bonchev–Trinajstić information content (AvgIpc) is 1.53. The van der Waals surface area contributed by atoms with Gasteiger partial charge in [-0.15, -0.1) is 0 Å². The number of aliphatic hydroxyl groups is 3. The van der Waals surface area contributed by atoms with Crippen LogP contribution in [0.3, 0.4) is 0 Å². The Morgan fingerprint density at radius 1 is 0.464 bits per heavy atom. The van der Waals surface area contributed by atoms with Crippen LogP contribution >= 0.6 is 0 Å². The summed E-state index contributed by atoms with van der Waals surface area (Å²) < 4.78 is 73.8. The van der Waals surface area contributed by atoms with E-state index in [1.165, 1.54) is 72.6 Å². The molecule has 15 aliphatic rings. The lowest BCUT2D eigenvalue weighted by Gasteiger charge is -2.62. The number of nitrogens with zero attached hydrogens (tertiary/aromatic N) is 6. The highest BCUT2D eigenvalue weighted by Gasteiger charge is 2.77. The van der Waals surface area contributed by atoms with Crippen LogP contribution in [0.4, 0.5) is 20.1 Å². The summed E-state index contributed by atoms with van der Waals surface area (Å²) in [6.45, 7) is 15.0. The average molecular weight is 1740 g/mol. The Labute approximate surface area is 728 Å². The molecule has 125 heavy (non-hydrogen) atoms. The molecule has 0 unspecified atom stereocenters. The number of carbonyl (C=O) groups is 6. The molecule has 6 saturated carbocycles. The van der Waals surface area contributed by atoms with E-state index >= 15 is 0 Å². The molecule has 0 radical (unpaired) electrons. The van der Waals surface area contributed by atoms with Crippen LogP contribution < -0.4 is 55.3 Å². The lowest BCUT2D eigenvalue weighted by molar-refractivity contribution is -0.384. The molecule has 34 nitrogen and oxygen atoms in total. The molecule has 9 fully saturated rings. The summed E-state index contributed by atoms with van der Waals surface area (Å²) in [5.41, 5.74) is 10.0. The fraction of sp³-hybridized carbons (Fsp3) is 0.670. The van der Waals surface area contributed by atoms with Gasteiger partial charge in [-0.05, 0) is 195 Å². The molecule has 0 aromatic heterocycles. The third kappa shape index (κ3) is 17.4. The second kappa shape index (κ2) is 38.3. The van der Waals surface area contributed by atoms with Gasteiger partial charge in [0.2, 0.25) is 0 Å². The monoisotopic (exact) mass is 1740 g/mol. The SMILES string of the molecule is CN(CCOCCOCCN(C)C(=O)Oc1ccc2c3c1O[C@@H]1C(=O)CC[C@]4(O)[C@H](C2)N(CC2CC2)CC[C@@]314)C(=O)Oc1ccc2c3c1O[C@@H]1C(=O)CC[C@]4(O)[C@H](C2)N(CC2CC2)CC[C@@]314.CNCCOCCOCCNC.NCCOCCOCCN.O=C(Oc1ccc([N+](=O)[O-])cc1)Oc1ccc2c3c1O[C@@H]1C(=O)CC[C@]4(O)[C@H](C2)N(CC2CC2)CC[C@@]314. The third-order valence-electron chi connectivity index (χ3n) is 28.9. The highest BCUT2D eigenvalue weighted by Crippen LogP contribution is 2.69. The van der Waals surface area contributed by atoms with Crippen LogP contribution in [-0.2, 0) is 78.3 Å². The molecule has 3 saturated heterocycles. The molecular weight excluding hydrogens is 1620 g/mol. The van der Waals surface area contributed by atoms with Crippen molar-refractivity contribution in [3.63, 3.8) is 0 Å². The standard InChI is InChI=1S/C50H62N4O12.C27H26N2O8.C8H20N2O2.C6H16N2O2/c1-51(45(57)63-35-9-7-31-25-37-49(59)13-11-33(55)43-47(49,39(31)41(35)65-43)15-17-53(37)27-29-3-4-29)19-21-61-23-24-62-22-20-52(2)46(58)64-36-10-8-32-26-38-50(60)14-12-34(56)44-48(50,40(32)42(36)66-44)16-18-54(38)28-30-5-6-30;30-19-9-10-27(32)21-13-16-3-8-20(36-25(31)35-18-6-4-17(5-7-18)29(33)34)23-22(16)26(27,24(19)37-23)11-12-28(21)14-15-1-2-15;1-9-3-5-11-7-8-12-6-4-10-2;7-1-3-9-5-6-10-4-2-8/h7-10,29-30,37-38,43-44,59-60H,3-6,11-28H2,1-2H3;3-8,15,21,24,32H,1-2,9-14H2;9-10H,3-8H2,1-2H3;1-8H2/t37-,38-,43+,44+,47+,48+,49-,50-;21-,24+,26+,27-;;/m00../s1. The van der Waals surface area contributed by atoms with Crippen LogP contribution in [0.1, 0.15) is 130 Å². The van der Waals surface area contributed by atoms with Crippen LogP contribution in [-0.4, -0.2) is 320 Å². The minimum absolute atomic E-state index is 0.00681. The Balaban J connectivity index is 0.000000162. The summed E-state index contributed by atoms with van der Waals surface area (Å²) in [7, 11) is 7.07. The molecular formula is C91H124N10O24. The zero-order valence-electron chi connectivity index (χ0n) is 72.4. The van der Waals surface area contributed by atoms with Crippen molar-refractivity contribution in [3.05, 3.63) is 104 Å². The van der Waals surface area contributed by atoms with Crippen molar-refractivity contribution in [1.82, 2.24) is 35.1 Å². The summed E-state index contributed by atoms with van der Waals surface area (Å²) in [4.78, 5) is 99.8. The van der Waals surface area contributed by atoms with E-state index in [2.05, 4.69) is 25.3 Å². The molecule has 12 atom stereocenters. The van der Waals surface area contributed by atoms with Crippen LogP contribution in [0.5, 0.6) is 40.2 Å². The maximum Gasteiger partial charge on any atom is 0.519 e. The number of carbonyl (C=O) groups excluding carboxylic acids is 6. The first-order valence-electron chi connectivity index (χ1n) is 45.1. The summed E-state index contributed by atoms with van der Waals surface area (Å²) in [5.74, 6) is 3.88. The number of nitrogens with one attached hydrogen (secondary N) is 2. The first kappa shape index (κ1) is 90.2. The number of ether oxygens (including phenoxy) is 13. The van der Waals surface area contributed by atoms with Gasteiger partial charge in [-0.2, -0.15) is 0 Å². The van der Waals surface area contributed by atoms with Crippen molar-refractivity contribution < 1.29 is 111 Å². The van der Waals surface area contributed by atoms with Crippen LogP contribution in [0, 0.1) is 27.9 Å². The van der Waals surface area contributed by atoms with E-state index in [1.807, 2.05) is 32.3 Å². The number of rotatable bonds is 36. The second-order valence-electron chi connectivity index (χ2n) is 36.3.